The summed E-state index contributed by atoms with van der Waals surface area (Å²) in [4.78, 5) is 16.5. The van der Waals surface area contributed by atoms with E-state index in [1.807, 2.05) is 0 Å². The molecule has 0 fully saturated rings. The highest BCUT2D eigenvalue weighted by atomic mass is 19.4. The number of alkyl halides is 6. The van der Waals surface area contributed by atoms with Crippen LogP contribution in [0.5, 0.6) is 0 Å². The van der Waals surface area contributed by atoms with Crippen LogP contribution >= 0.6 is 0 Å². The molecule has 0 bridgehead atoms. The molecule has 2 aromatic carbocycles. The zero-order valence-electron chi connectivity index (χ0n) is 14.7. The van der Waals surface area contributed by atoms with Crippen LogP contribution < -0.4 is 10.6 Å². The predicted octanol–water partition coefficient (Wildman–Crippen LogP) is 3.90. The lowest BCUT2D eigenvalue weighted by molar-refractivity contribution is -0.182. The van der Waals surface area contributed by atoms with Gasteiger partial charge in [0.1, 0.15) is 5.70 Å². The summed E-state index contributed by atoms with van der Waals surface area (Å²) >= 11 is 0. The first kappa shape index (κ1) is 19.2. The Balaban J connectivity index is 2.02. The molecule has 0 amide bonds. The normalized spacial score (nSPS) is 18.9. The minimum Gasteiger partial charge on any atom is -0.423 e. The van der Waals surface area contributed by atoms with Crippen LogP contribution in [0, 0.1) is 12.8 Å². The lowest BCUT2D eigenvalue weighted by Crippen LogP contribution is -2.37. The van der Waals surface area contributed by atoms with E-state index in [0.29, 0.717) is 28.3 Å². The van der Waals surface area contributed by atoms with Crippen LogP contribution in [0.4, 0.5) is 26.3 Å². The third-order valence-corrected chi connectivity index (χ3v) is 4.76. The molecule has 0 spiro atoms. The molecule has 0 N–H and O–H groups in total. The molecule has 2 aliphatic heterocycles. The van der Waals surface area contributed by atoms with Crippen molar-refractivity contribution in [1.82, 2.24) is 0 Å². The molecule has 0 saturated heterocycles. The number of rotatable bonds is 1. The van der Waals surface area contributed by atoms with Crippen molar-refractivity contribution < 1.29 is 35.9 Å². The maximum Gasteiger partial charge on any atom is 0.416 e. The van der Waals surface area contributed by atoms with Crippen molar-refractivity contribution in [2.75, 3.05) is 0 Å². The molecule has 0 saturated carbocycles. The van der Waals surface area contributed by atoms with E-state index in [9.17, 15) is 31.1 Å². The number of carbonyl (C=O) groups excluding carboxylic acids is 1. The number of ether oxygens (including phenoxy) is 1. The second kappa shape index (κ2) is 6.20. The van der Waals surface area contributed by atoms with E-state index in [1.165, 1.54) is 0 Å². The third kappa shape index (κ3) is 3.10. The number of nitrogens with zero attached hydrogens (tertiary/aromatic N) is 1. The number of hydrogen-bond acceptors (Lipinski definition) is 3. The molecule has 2 heterocycles. The Bertz CT molecular complexity index is 1170. The first-order chi connectivity index (χ1) is 13.5. The summed E-state index contributed by atoms with van der Waals surface area (Å²) in [6.07, 6.45) is -9.65. The van der Waals surface area contributed by atoms with Crippen molar-refractivity contribution in [3.05, 3.63) is 75.4 Å². The van der Waals surface area contributed by atoms with Gasteiger partial charge in [-0.2, -0.15) is 26.3 Å². The molecule has 4 rings (SSSR count). The van der Waals surface area contributed by atoms with E-state index in [1.54, 1.807) is 25.1 Å². The largest absolute Gasteiger partial charge is 0.423 e. The van der Waals surface area contributed by atoms with Gasteiger partial charge in [0, 0.05) is 10.8 Å². The van der Waals surface area contributed by atoms with Gasteiger partial charge in [-0.1, -0.05) is 24.3 Å². The molecule has 2 aromatic rings. The fourth-order valence-electron chi connectivity index (χ4n) is 3.47. The second-order valence-electron chi connectivity index (χ2n) is 6.64. The minimum absolute atomic E-state index is 0.113. The highest BCUT2D eigenvalue weighted by molar-refractivity contribution is 6.00. The van der Waals surface area contributed by atoms with Gasteiger partial charge in [0.05, 0.1) is 10.9 Å². The van der Waals surface area contributed by atoms with E-state index < -0.39 is 35.4 Å². The Labute approximate surface area is 159 Å². The van der Waals surface area contributed by atoms with Gasteiger partial charge in [0.15, 0.2) is 11.7 Å². The average molecular weight is 411 g/mol. The summed E-state index contributed by atoms with van der Waals surface area (Å²) in [5, 5.41) is 0.718. The Morgan fingerprint density at radius 3 is 2.21 bits per heavy atom. The highest BCUT2D eigenvalue weighted by Gasteiger charge is 2.53. The molecule has 0 radical (unpaired) electrons. The molecular formula is C20H11F6NO2. The molecule has 0 aliphatic carbocycles. The smallest absolute Gasteiger partial charge is 0.416 e. The Hall–Kier alpha value is -3.10. The van der Waals surface area contributed by atoms with Crippen LogP contribution in [0.3, 0.4) is 0 Å². The van der Waals surface area contributed by atoms with Crippen LogP contribution in [-0.4, -0.2) is 12.1 Å². The van der Waals surface area contributed by atoms with Crippen LogP contribution in [0.15, 0.2) is 53.2 Å². The average Bonchev–Trinajstić information content (AvgIpc) is 2.98. The molecule has 9 heteroatoms. The van der Waals surface area contributed by atoms with Gasteiger partial charge >= 0.3 is 18.3 Å². The van der Waals surface area contributed by atoms with Crippen molar-refractivity contribution in [3.63, 3.8) is 0 Å². The van der Waals surface area contributed by atoms with Crippen LogP contribution in [0.25, 0.3) is 11.3 Å². The monoisotopic (exact) mass is 411 g/mol. The summed E-state index contributed by atoms with van der Waals surface area (Å²) in [5.74, 6) is -4.31. The van der Waals surface area contributed by atoms with E-state index in [4.69, 9.17) is 4.74 Å². The van der Waals surface area contributed by atoms with Gasteiger partial charge in [-0.25, -0.2) is 4.99 Å². The molecular weight excluding hydrogens is 400 g/mol. The van der Waals surface area contributed by atoms with Gasteiger partial charge in [-0.3, -0.25) is 4.79 Å². The first-order valence-electron chi connectivity index (χ1n) is 8.37. The van der Waals surface area contributed by atoms with Crippen molar-refractivity contribution in [3.8, 4) is 0 Å². The van der Waals surface area contributed by atoms with Crippen molar-refractivity contribution in [1.29, 1.82) is 0 Å². The van der Waals surface area contributed by atoms with E-state index in [0.717, 1.165) is 12.1 Å². The zero-order chi connectivity index (χ0) is 21.1. The summed E-state index contributed by atoms with van der Waals surface area (Å²) in [7, 11) is 0. The molecule has 0 aromatic heterocycles. The number of carbonyl (C=O) groups is 1. The first-order valence-corrected chi connectivity index (χ1v) is 8.37. The number of halogens is 6. The lowest BCUT2D eigenvalue weighted by atomic mass is 9.87. The van der Waals surface area contributed by atoms with Gasteiger partial charge in [-0.15, -0.1) is 0 Å². The Morgan fingerprint density at radius 2 is 1.62 bits per heavy atom. The van der Waals surface area contributed by atoms with E-state index in [2.05, 4.69) is 4.99 Å². The third-order valence-electron chi connectivity index (χ3n) is 4.76. The molecule has 29 heavy (non-hydrogen) atoms. The zero-order valence-corrected chi connectivity index (χ0v) is 14.7. The van der Waals surface area contributed by atoms with Crippen molar-refractivity contribution in [2.24, 2.45) is 10.9 Å². The topological polar surface area (TPSA) is 38.7 Å². The number of hydrogen-bond donors (Lipinski definition) is 0. The quantitative estimate of drug-likeness (QED) is 0.528. The highest BCUT2D eigenvalue weighted by Crippen LogP contribution is 2.46. The number of fused-ring (bicyclic) bond motifs is 2. The molecule has 3 nitrogen and oxygen atoms in total. The molecule has 150 valence electrons. The summed E-state index contributed by atoms with van der Waals surface area (Å²) < 4.78 is 84.6. The molecule has 1 unspecified atom stereocenters. The summed E-state index contributed by atoms with van der Waals surface area (Å²) in [5.41, 5.74) is -1.27. The van der Waals surface area contributed by atoms with E-state index in [-0.39, 0.29) is 17.0 Å². The number of aryl methyl sites for hydroxylation is 1. The second-order valence-corrected chi connectivity index (χ2v) is 6.64. The van der Waals surface area contributed by atoms with Crippen molar-refractivity contribution >= 4 is 17.3 Å². The number of esters is 1. The van der Waals surface area contributed by atoms with Crippen LogP contribution in [-0.2, 0) is 15.7 Å². The Morgan fingerprint density at radius 1 is 0.966 bits per heavy atom. The standard InChI is InChI=1S/C20H11F6NO2/c1-9-3-2-4-12-13(9)17-16(27-12)14(15(18(28)29-17)20(24,25)26)10-5-7-11(8-6-10)19(21,22)23/h2-8,15H,1H3. The van der Waals surface area contributed by atoms with Gasteiger partial charge in [0.25, 0.3) is 0 Å². The lowest BCUT2D eigenvalue weighted by Gasteiger charge is -2.28. The van der Waals surface area contributed by atoms with Crippen LogP contribution in [0.1, 0.15) is 16.7 Å². The van der Waals surface area contributed by atoms with Gasteiger partial charge in [-0.05, 0) is 36.2 Å². The minimum atomic E-state index is -5.01. The van der Waals surface area contributed by atoms with Crippen molar-refractivity contribution in [2.45, 2.75) is 19.3 Å². The molecule has 2 aliphatic rings. The predicted molar refractivity (Wildman–Crippen MR) is 89.4 cm³/mol. The molecule has 1 atom stereocenters. The van der Waals surface area contributed by atoms with Gasteiger partial charge in [0.2, 0.25) is 0 Å². The fraction of sp³-hybridized carbons (Fsp3) is 0.200. The van der Waals surface area contributed by atoms with Crippen LogP contribution in [0.2, 0.25) is 0 Å². The maximum absolute atomic E-state index is 13.7. The summed E-state index contributed by atoms with van der Waals surface area (Å²) in [6.45, 7) is 1.69. The fourth-order valence-corrected chi connectivity index (χ4v) is 3.47. The SMILES string of the molecule is Cc1cccc2c1=C1OC(=O)C(C(F)(F)F)C(c3ccc(C(F)(F)F)cc3)=C1N=2. The maximum atomic E-state index is 13.7. The number of benzene rings is 2. The van der Waals surface area contributed by atoms with E-state index >= 15 is 0 Å². The summed E-state index contributed by atoms with van der Waals surface area (Å²) in [6, 6.07) is 8.05. The van der Waals surface area contributed by atoms with Gasteiger partial charge < -0.3 is 4.74 Å². The Kier molecular flexibility index (Phi) is 4.11.